The molecule has 0 bridgehead atoms. The van der Waals surface area contributed by atoms with Gasteiger partial charge in [-0.1, -0.05) is 0 Å². The second kappa shape index (κ2) is 4.49. The minimum atomic E-state index is -0.163. The van der Waals surface area contributed by atoms with Gasteiger partial charge in [-0.2, -0.15) is 0 Å². The third-order valence-corrected chi connectivity index (χ3v) is 3.53. The van der Waals surface area contributed by atoms with Crippen molar-refractivity contribution in [3.8, 4) is 0 Å². The molecule has 0 atom stereocenters. The van der Waals surface area contributed by atoms with Crippen LogP contribution in [0.15, 0.2) is 30.5 Å². The van der Waals surface area contributed by atoms with Gasteiger partial charge in [-0.3, -0.25) is 0 Å². The quantitative estimate of drug-likeness (QED) is 0.777. The molecule has 2 heterocycles. The van der Waals surface area contributed by atoms with E-state index in [2.05, 4.69) is 10.8 Å². The zero-order valence-corrected chi connectivity index (χ0v) is 9.73. The number of ether oxygens (including phenoxy) is 1. The summed E-state index contributed by atoms with van der Waals surface area (Å²) in [6.45, 7) is 2.69. The van der Waals surface area contributed by atoms with Crippen molar-refractivity contribution in [1.29, 1.82) is 0 Å². The normalized spacial score (nSPS) is 17.7. The minimum absolute atomic E-state index is 0.163. The largest absolute Gasteiger partial charge is 0.381 e. The van der Waals surface area contributed by atoms with Gasteiger partial charge in [-0.25, -0.2) is 4.39 Å². The van der Waals surface area contributed by atoms with E-state index >= 15 is 0 Å². The number of benzene rings is 1. The average Bonchev–Trinajstić information content (AvgIpc) is 2.73. The molecular weight excluding hydrogens is 217 g/mol. The molecule has 0 N–H and O–H groups in total. The summed E-state index contributed by atoms with van der Waals surface area (Å²) < 4.78 is 20.8. The third-order valence-electron chi connectivity index (χ3n) is 3.53. The summed E-state index contributed by atoms with van der Waals surface area (Å²) in [7, 11) is 0. The Hall–Kier alpha value is -1.35. The van der Waals surface area contributed by atoms with E-state index in [0.29, 0.717) is 5.92 Å². The van der Waals surface area contributed by atoms with Crippen LogP contribution in [-0.4, -0.2) is 17.8 Å². The fourth-order valence-electron chi connectivity index (χ4n) is 2.52. The Morgan fingerprint density at radius 3 is 2.88 bits per heavy atom. The molecule has 1 fully saturated rings. The van der Waals surface area contributed by atoms with Crippen molar-refractivity contribution in [3.05, 3.63) is 36.3 Å². The lowest BCUT2D eigenvalue weighted by Crippen LogP contribution is -2.20. The van der Waals surface area contributed by atoms with Gasteiger partial charge in [0.25, 0.3) is 0 Å². The Kier molecular flexibility index (Phi) is 2.85. The zero-order valence-electron chi connectivity index (χ0n) is 9.73. The van der Waals surface area contributed by atoms with E-state index in [-0.39, 0.29) is 5.82 Å². The van der Waals surface area contributed by atoms with Gasteiger partial charge in [0.15, 0.2) is 0 Å². The van der Waals surface area contributed by atoms with Gasteiger partial charge < -0.3 is 9.30 Å². The predicted octanol–water partition coefficient (Wildman–Crippen LogP) is 3.21. The standard InChI is InChI=1S/C14H16FNO/c15-13-2-1-12-3-6-16(14(12)9-13)10-11-4-7-17-8-5-11/h1-3,6,9,11H,4-5,7-8,10H2. The number of hydrogen-bond donors (Lipinski definition) is 0. The van der Waals surface area contributed by atoms with Crippen LogP contribution in [0.2, 0.25) is 0 Å². The first-order valence-electron chi connectivity index (χ1n) is 6.15. The number of halogens is 1. The van der Waals surface area contributed by atoms with E-state index in [4.69, 9.17) is 4.74 Å². The van der Waals surface area contributed by atoms with Gasteiger partial charge in [0.2, 0.25) is 0 Å². The SMILES string of the molecule is Fc1ccc2ccn(CC3CCOCC3)c2c1. The Morgan fingerprint density at radius 2 is 2.06 bits per heavy atom. The molecule has 2 nitrogen and oxygen atoms in total. The van der Waals surface area contributed by atoms with E-state index in [0.717, 1.165) is 43.5 Å². The highest BCUT2D eigenvalue weighted by Crippen LogP contribution is 2.22. The van der Waals surface area contributed by atoms with Crippen LogP contribution in [0.5, 0.6) is 0 Å². The van der Waals surface area contributed by atoms with E-state index in [1.807, 2.05) is 12.1 Å². The number of nitrogens with zero attached hydrogens (tertiary/aromatic N) is 1. The van der Waals surface area contributed by atoms with Gasteiger partial charge in [-0.15, -0.1) is 0 Å². The van der Waals surface area contributed by atoms with Crippen LogP contribution >= 0.6 is 0 Å². The highest BCUT2D eigenvalue weighted by atomic mass is 19.1. The topological polar surface area (TPSA) is 14.2 Å². The van der Waals surface area contributed by atoms with E-state index in [9.17, 15) is 4.39 Å². The summed E-state index contributed by atoms with van der Waals surface area (Å²) in [6.07, 6.45) is 4.27. The average molecular weight is 233 g/mol. The van der Waals surface area contributed by atoms with Crippen LogP contribution in [0.1, 0.15) is 12.8 Å². The maximum atomic E-state index is 13.2. The molecule has 2 aromatic rings. The van der Waals surface area contributed by atoms with Crippen molar-refractivity contribution < 1.29 is 9.13 Å². The molecule has 0 spiro atoms. The lowest BCUT2D eigenvalue weighted by Gasteiger charge is -2.22. The number of fused-ring (bicyclic) bond motifs is 1. The fourth-order valence-corrected chi connectivity index (χ4v) is 2.52. The van der Waals surface area contributed by atoms with Gasteiger partial charge in [0.05, 0.1) is 5.52 Å². The van der Waals surface area contributed by atoms with Gasteiger partial charge in [-0.05, 0) is 48.4 Å². The highest BCUT2D eigenvalue weighted by molar-refractivity contribution is 5.80. The summed E-state index contributed by atoms with van der Waals surface area (Å²) in [5.41, 5.74) is 0.997. The summed E-state index contributed by atoms with van der Waals surface area (Å²) in [5.74, 6) is 0.493. The van der Waals surface area contributed by atoms with Gasteiger partial charge >= 0.3 is 0 Å². The molecular formula is C14H16FNO. The van der Waals surface area contributed by atoms with Crippen molar-refractivity contribution in [3.63, 3.8) is 0 Å². The number of aromatic nitrogens is 1. The maximum Gasteiger partial charge on any atom is 0.125 e. The second-order valence-corrected chi connectivity index (χ2v) is 4.73. The first kappa shape index (κ1) is 10.8. The molecule has 0 amide bonds. The Morgan fingerprint density at radius 1 is 1.24 bits per heavy atom. The summed E-state index contributed by atoms with van der Waals surface area (Å²) in [6, 6.07) is 7.02. The Bertz CT molecular complexity index is 514. The lowest BCUT2D eigenvalue weighted by atomic mass is 10.0. The van der Waals surface area contributed by atoms with Crippen molar-refractivity contribution in [2.24, 2.45) is 5.92 Å². The molecule has 0 unspecified atom stereocenters. The van der Waals surface area contributed by atoms with Crippen LogP contribution in [0.25, 0.3) is 10.9 Å². The summed E-state index contributed by atoms with van der Waals surface area (Å²) in [5, 5.41) is 1.11. The van der Waals surface area contributed by atoms with Crippen LogP contribution in [0.3, 0.4) is 0 Å². The monoisotopic (exact) mass is 233 g/mol. The second-order valence-electron chi connectivity index (χ2n) is 4.73. The molecule has 1 aliphatic heterocycles. The minimum Gasteiger partial charge on any atom is -0.381 e. The molecule has 17 heavy (non-hydrogen) atoms. The molecule has 0 aliphatic carbocycles. The molecule has 1 aliphatic rings. The molecule has 3 heteroatoms. The molecule has 1 saturated heterocycles. The van der Waals surface area contributed by atoms with E-state index < -0.39 is 0 Å². The number of rotatable bonds is 2. The summed E-state index contributed by atoms with van der Waals surface area (Å²) in [4.78, 5) is 0. The highest BCUT2D eigenvalue weighted by Gasteiger charge is 2.15. The molecule has 3 rings (SSSR count). The van der Waals surface area contributed by atoms with E-state index in [1.54, 1.807) is 6.07 Å². The molecule has 90 valence electrons. The smallest absolute Gasteiger partial charge is 0.125 e. The first-order chi connectivity index (χ1) is 8.33. The molecule has 0 radical (unpaired) electrons. The third kappa shape index (κ3) is 2.20. The maximum absolute atomic E-state index is 13.2. The number of hydrogen-bond acceptors (Lipinski definition) is 1. The van der Waals surface area contributed by atoms with Gasteiger partial charge in [0, 0.05) is 26.0 Å². The Balaban J connectivity index is 1.86. The van der Waals surface area contributed by atoms with E-state index in [1.165, 1.54) is 6.07 Å². The van der Waals surface area contributed by atoms with Crippen molar-refractivity contribution in [2.45, 2.75) is 19.4 Å². The summed E-state index contributed by atoms with van der Waals surface area (Å²) >= 11 is 0. The predicted molar refractivity (Wildman–Crippen MR) is 65.4 cm³/mol. The van der Waals surface area contributed by atoms with Crippen molar-refractivity contribution in [2.75, 3.05) is 13.2 Å². The van der Waals surface area contributed by atoms with Crippen molar-refractivity contribution >= 4 is 10.9 Å². The molecule has 1 aromatic carbocycles. The Labute approximate surface area is 100.0 Å². The van der Waals surface area contributed by atoms with Gasteiger partial charge in [0.1, 0.15) is 5.82 Å². The first-order valence-corrected chi connectivity index (χ1v) is 6.15. The van der Waals surface area contributed by atoms with Crippen LogP contribution < -0.4 is 0 Å². The van der Waals surface area contributed by atoms with Crippen molar-refractivity contribution in [1.82, 2.24) is 4.57 Å². The van der Waals surface area contributed by atoms with Crippen LogP contribution in [-0.2, 0) is 11.3 Å². The van der Waals surface area contributed by atoms with Crippen LogP contribution in [0.4, 0.5) is 4.39 Å². The fraction of sp³-hybridized carbons (Fsp3) is 0.429. The van der Waals surface area contributed by atoms with Crippen LogP contribution in [0, 0.1) is 11.7 Å². The zero-order chi connectivity index (χ0) is 11.7. The molecule has 1 aromatic heterocycles. The molecule has 0 saturated carbocycles. The lowest BCUT2D eigenvalue weighted by molar-refractivity contribution is 0.0616.